The van der Waals surface area contributed by atoms with Crippen LogP contribution < -0.4 is 10.5 Å². The van der Waals surface area contributed by atoms with E-state index in [0.29, 0.717) is 18.2 Å². The number of para-hydroxylation sites is 1. The van der Waals surface area contributed by atoms with Crippen LogP contribution in [0.3, 0.4) is 0 Å². The molecule has 0 atom stereocenters. The van der Waals surface area contributed by atoms with Crippen LogP contribution in [-0.2, 0) is 19.7 Å². The van der Waals surface area contributed by atoms with Crippen LogP contribution in [0.1, 0.15) is 23.9 Å². The standard InChI is InChI=1S/C14H18ClN3O/c1-3-18-12(14(15)10(2)17-18)9-19-13-7-5-4-6-11(13)8-16/h4-7H,3,8-9,16H2,1-2H3. The summed E-state index contributed by atoms with van der Waals surface area (Å²) < 4.78 is 7.69. The van der Waals surface area contributed by atoms with E-state index in [9.17, 15) is 0 Å². The van der Waals surface area contributed by atoms with Gasteiger partial charge in [-0.3, -0.25) is 4.68 Å². The molecular weight excluding hydrogens is 262 g/mol. The number of aromatic nitrogens is 2. The summed E-state index contributed by atoms with van der Waals surface area (Å²) in [6, 6.07) is 7.75. The van der Waals surface area contributed by atoms with Crippen molar-refractivity contribution < 1.29 is 4.74 Å². The van der Waals surface area contributed by atoms with Gasteiger partial charge in [0.1, 0.15) is 12.4 Å². The number of rotatable bonds is 5. The first-order valence-electron chi connectivity index (χ1n) is 6.30. The Morgan fingerprint density at radius 1 is 1.37 bits per heavy atom. The first-order valence-corrected chi connectivity index (χ1v) is 6.67. The molecule has 0 aliphatic carbocycles. The van der Waals surface area contributed by atoms with Crippen LogP contribution in [0, 0.1) is 6.92 Å². The first-order chi connectivity index (χ1) is 9.17. The van der Waals surface area contributed by atoms with Gasteiger partial charge in [0.25, 0.3) is 0 Å². The minimum atomic E-state index is 0.393. The maximum Gasteiger partial charge on any atom is 0.131 e. The van der Waals surface area contributed by atoms with E-state index in [4.69, 9.17) is 22.1 Å². The van der Waals surface area contributed by atoms with Gasteiger partial charge in [-0.15, -0.1) is 0 Å². The van der Waals surface area contributed by atoms with Gasteiger partial charge in [0.2, 0.25) is 0 Å². The predicted octanol–water partition coefficient (Wildman–Crippen LogP) is 2.90. The number of halogens is 1. The minimum Gasteiger partial charge on any atom is -0.487 e. The monoisotopic (exact) mass is 279 g/mol. The normalized spacial score (nSPS) is 10.7. The van der Waals surface area contributed by atoms with Crippen molar-refractivity contribution in [1.29, 1.82) is 0 Å². The van der Waals surface area contributed by atoms with E-state index in [0.717, 1.165) is 29.2 Å². The molecule has 4 nitrogen and oxygen atoms in total. The highest BCUT2D eigenvalue weighted by Gasteiger charge is 2.13. The Morgan fingerprint density at radius 2 is 2.11 bits per heavy atom. The highest BCUT2D eigenvalue weighted by atomic mass is 35.5. The molecule has 1 aromatic carbocycles. The molecule has 5 heteroatoms. The summed E-state index contributed by atoms with van der Waals surface area (Å²) in [6.07, 6.45) is 0. The maximum atomic E-state index is 6.24. The van der Waals surface area contributed by atoms with Crippen LogP contribution >= 0.6 is 11.6 Å². The molecule has 0 saturated carbocycles. The molecule has 0 saturated heterocycles. The molecule has 102 valence electrons. The molecule has 1 aromatic heterocycles. The van der Waals surface area contributed by atoms with Crippen LogP contribution in [0.25, 0.3) is 0 Å². The largest absolute Gasteiger partial charge is 0.487 e. The van der Waals surface area contributed by atoms with Crippen LogP contribution in [0.4, 0.5) is 0 Å². The zero-order chi connectivity index (χ0) is 13.8. The molecule has 0 radical (unpaired) electrons. The fourth-order valence-corrected chi connectivity index (χ4v) is 2.16. The molecular formula is C14H18ClN3O. The summed E-state index contributed by atoms with van der Waals surface area (Å²) in [5.74, 6) is 0.794. The van der Waals surface area contributed by atoms with Gasteiger partial charge in [-0.25, -0.2) is 0 Å². The molecule has 0 spiro atoms. The van der Waals surface area contributed by atoms with Gasteiger partial charge < -0.3 is 10.5 Å². The van der Waals surface area contributed by atoms with Crippen molar-refractivity contribution in [3.8, 4) is 5.75 Å². The smallest absolute Gasteiger partial charge is 0.131 e. The van der Waals surface area contributed by atoms with Gasteiger partial charge in [0.15, 0.2) is 0 Å². The lowest BCUT2D eigenvalue weighted by molar-refractivity contribution is 0.289. The third-order valence-corrected chi connectivity index (χ3v) is 3.50. The highest BCUT2D eigenvalue weighted by Crippen LogP contribution is 2.23. The molecule has 0 bridgehead atoms. The molecule has 0 unspecified atom stereocenters. The van der Waals surface area contributed by atoms with Crippen molar-refractivity contribution in [1.82, 2.24) is 9.78 Å². The fourth-order valence-electron chi connectivity index (χ4n) is 1.97. The van der Waals surface area contributed by atoms with Gasteiger partial charge in [-0.2, -0.15) is 5.10 Å². The van der Waals surface area contributed by atoms with E-state index in [1.807, 2.05) is 42.8 Å². The molecule has 2 aromatic rings. The third-order valence-electron chi connectivity index (χ3n) is 3.01. The molecule has 19 heavy (non-hydrogen) atoms. The van der Waals surface area contributed by atoms with Gasteiger partial charge in [0, 0.05) is 18.7 Å². The lowest BCUT2D eigenvalue weighted by Gasteiger charge is -2.11. The van der Waals surface area contributed by atoms with Crippen molar-refractivity contribution >= 4 is 11.6 Å². The topological polar surface area (TPSA) is 53.1 Å². The summed E-state index contributed by atoms with van der Waals surface area (Å²) in [5, 5.41) is 5.04. The molecule has 2 rings (SSSR count). The van der Waals surface area contributed by atoms with E-state index in [1.165, 1.54) is 0 Å². The van der Waals surface area contributed by atoms with E-state index >= 15 is 0 Å². The van der Waals surface area contributed by atoms with Crippen LogP contribution in [0.15, 0.2) is 24.3 Å². The Kier molecular flexibility index (Phi) is 4.45. The summed E-state index contributed by atoms with van der Waals surface area (Å²) >= 11 is 6.24. The lowest BCUT2D eigenvalue weighted by Crippen LogP contribution is -2.08. The van der Waals surface area contributed by atoms with Crippen LogP contribution in [-0.4, -0.2) is 9.78 Å². The minimum absolute atomic E-state index is 0.393. The second kappa shape index (κ2) is 6.08. The zero-order valence-corrected chi connectivity index (χ0v) is 11.9. The summed E-state index contributed by atoms with van der Waals surface area (Å²) in [4.78, 5) is 0. The van der Waals surface area contributed by atoms with Gasteiger partial charge in [-0.1, -0.05) is 29.8 Å². The number of benzene rings is 1. The Hall–Kier alpha value is -1.52. The third kappa shape index (κ3) is 2.91. The number of aryl methyl sites for hydroxylation is 2. The maximum absolute atomic E-state index is 6.24. The Morgan fingerprint density at radius 3 is 2.79 bits per heavy atom. The van der Waals surface area contributed by atoms with Crippen LogP contribution in [0.5, 0.6) is 5.75 Å². The van der Waals surface area contributed by atoms with E-state index in [-0.39, 0.29) is 0 Å². The summed E-state index contributed by atoms with van der Waals surface area (Å²) in [6.45, 7) is 5.54. The summed E-state index contributed by atoms with van der Waals surface area (Å²) in [5.41, 5.74) is 8.39. The molecule has 2 N–H and O–H groups in total. The average Bonchev–Trinajstić information content (AvgIpc) is 2.72. The number of hydrogen-bond acceptors (Lipinski definition) is 3. The number of nitrogens with zero attached hydrogens (tertiary/aromatic N) is 2. The van der Waals surface area contributed by atoms with Crippen molar-refractivity contribution in [3.05, 3.63) is 46.2 Å². The lowest BCUT2D eigenvalue weighted by atomic mass is 10.2. The molecule has 1 heterocycles. The van der Waals surface area contributed by atoms with Gasteiger partial charge in [0.05, 0.1) is 16.4 Å². The molecule has 0 amide bonds. The first kappa shape index (κ1) is 13.9. The Bertz CT molecular complexity index is 566. The number of nitrogens with two attached hydrogens (primary N) is 1. The van der Waals surface area contributed by atoms with Crippen molar-refractivity contribution in [2.24, 2.45) is 5.73 Å². The number of hydrogen-bond donors (Lipinski definition) is 1. The van der Waals surface area contributed by atoms with Crippen LogP contribution in [0.2, 0.25) is 5.02 Å². The van der Waals surface area contributed by atoms with E-state index < -0.39 is 0 Å². The highest BCUT2D eigenvalue weighted by molar-refractivity contribution is 6.31. The fraction of sp³-hybridized carbons (Fsp3) is 0.357. The van der Waals surface area contributed by atoms with Crippen molar-refractivity contribution in [2.75, 3.05) is 0 Å². The molecule has 0 aliphatic heterocycles. The van der Waals surface area contributed by atoms with Crippen molar-refractivity contribution in [2.45, 2.75) is 33.5 Å². The second-order valence-corrected chi connectivity index (χ2v) is 4.64. The Balaban J connectivity index is 2.19. The van der Waals surface area contributed by atoms with Gasteiger partial charge >= 0.3 is 0 Å². The average molecular weight is 280 g/mol. The van der Waals surface area contributed by atoms with E-state index in [1.54, 1.807) is 0 Å². The SMILES string of the molecule is CCn1nc(C)c(Cl)c1COc1ccccc1CN. The van der Waals surface area contributed by atoms with E-state index in [2.05, 4.69) is 5.10 Å². The molecule has 0 fully saturated rings. The quantitative estimate of drug-likeness (QED) is 0.916. The van der Waals surface area contributed by atoms with Gasteiger partial charge in [-0.05, 0) is 19.9 Å². The second-order valence-electron chi connectivity index (χ2n) is 4.26. The molecule has 0 aliphatic rings. The van der Waals surface area contributed by atoms with Crippen molar-refractivity contribution in [3.63, 3.8) is 0 Å². The predicted molar refractivity (Wildman–Crippen MR) is 76.3 cm³/mol. The Labute approximate surface area is 118 Å². The summed E-state index contributed by atoms with van der Waals surface area (Å²) in [7, 11) is 0. The number of ether oxygens (including phenoxy) is 1. The zero-order valence-electron chi connectivity index (χ0n) is 11.2.